The van der Waals surface area contributed by atoms with Gasteiger partial charge in [0.2, 0.25) is 0 Å². The van der Waals surface area contributed by atoms with Gasteiger partial charge in [0.05, 0.1) is 12.0 Å². The molecule has 1 aromatic rings. The molecule has 5 heteroatoms. The SMILES string of the molecule is C=C(CC(=O)O)Cc1cccc(C(F)(F)F)c1. The van der Waals surface area contributed by atoms with Crippen molar-refractivity contribution in [2.75, 3.05) is 0 Å². The van der Waals surface area contributed by atoms with Gasteiger partial charge in [-0.2, -0.15) is 13.2 Å². The lowest BCUT2D eigenvalue weighted by Crippen LogP contribution is -2.06. The van der Waals surface area contributed by atoms with Crippen molar-refractivity contribution in [1.29, 1.82) is 0 Å². The zero-order valence-corrected chi connectivity index (χ0v) is 8.92. The second-order valence-corrected chi connectivity index (χ2v) is 3.70. The van der Waals surface area contributed by atoms with Gasteiger partial charge in [-0.15, -0.1) is 0 Å². The Morgan fingerprint density at radius 1 is 1.35 bits per heavy atom. The quantitative estimate of drug-likeness (QED) is 0.825. The van der Waals surface area contributed by atoms with Crippen molar-refractivity contribution in [3.63, 3.8) is 0 Å². The molecule has 1 aromatic carbocycles. The van der Waals surface area contributed by atoms with Crippen molar-refractivity contribution in [2.24, 2.45) is 0 Å². The molecule has 0 bridgehead atoms. The summed E-state index contributed by atoms with van der Waals surface area (Å²) in [5.74, 6) is -1.04. The van der Waals surface area contributed by atoms with Gasteiger partial charge in [0.25, 0.3) is 0 Å². The largest absolute Gasteiger partial charge is 0.481 e. The number of rotatable bonds is 4. The molecule has 0 aliphatic heterocycles. The molecule has 17 heavy (non-hydrogen) atoms. The molecule has 0 aromatic heterocycles. The highest BCUT2D eigenvalue weighted by Gasteiger charge is 2.30. The van der Waals surface area contributed by atoms with E-state index in [-0.39, 0.29) is 12.8 Å². The van der Waals surface area contributed by atoms with Gasteiger partial charge in [-0.25, -0.2) is 0 Å². The molecule has 92 valence electrons. The van der Waals surface area contributed by atoms with Crippen LogP contribution in [0.3, 0.4) is 0 Å². The van der Waals surface area contributed by atoms with Crippen LogP contribution in [0.1, 0.15) is 17.5 Å². The summed E-state index contributed by atoms with van der Waals surface area (Å²) >= 11 is 0. The van der Waals surface area contributed by atoms with E-state index in [0.717, 1.165) is 12.1 Å². The average molecular weight is 244 g/mol. The Kier molecular flexibility index (Phi) is 3.93. The molecule has 0 radical (unpaired) electrons. The zero-order chi connectivity index (χ0) is 13.1. The summed E-state index contributed by atoms with van der Waals surface area (Å²) in [6, 6.07) is 4.80. The summed E-state index contributed by atoms with van der Waals surface area (Å²) in [4.78, 5) is 10.4. The van der Waals surface area contributed by atoms with Gasteiger partial charge in [-0.05, 0) is 18.1 Å². The fourth-order valence-corrected chi connectivity index (χ4v) is 1.42. The molecule has 0 amide bonds. The molecule has 0 aliphatic carbocycles. The smallest absolute Gasteiger partial charge is 0.416 e. The van der Waals surface area contributed by atoms with Crippen molar-refractivity contribution in [3.8, 4) is 0 Å². The Labute approximate surface area is 96.4 Å². The Balaban J connectivity index is 2.79. The summed E-state index contributed by atoms with van der Waals surface area (Å²) in [6.45, 7) is 3.52. The van der Waals surface area contributed by atoms with Crippen LogP contribution >= 0.6 is 0 Å². The topological polar surface area (TPSA) is 37.3 Å². The van der Waals surface area contributed by atoms with Gasteiger partial charge in [-0.3, -0.25) is 4.79 Å². The second-order valence-electron chi connectivity index (χ2n) is 3.70. The number of hydrogen-bond acceptors (Lipinski definition) is 1. The minimum absolute atomic E-state index is 0.135. The number of aliphatic carboxylic acids is 1. The van der Waals surface area contributed by atoms with Gasteiger partial charge >= 0.3 is 12.1 Å². The highest BCUT2D eigenvalue weighted by molar-refractivity contribution is 5.69. The normalized spacial score (nSPS) is 11.2. The van der Waals surface area contributed by atoms with E-state index < -0.39 is 17.7 Å². The fourth-order valence-electron chi connectivity index (χ4n) is 1.42. The van der Waals surface area contributed by atoms with Gasteiger partial charge in [0.15, 0.2) is 0 Å². The van der Waals surface area contributed by atoms with E-state index >= 15 is 0 Å². The van der Waals surface area contributed by atoms with Gasteiger partial charge in [-0.1, -0.05) is 30.4 Å². The van der Waals surface area contributed by atoms with Crippen LogP contribution in [0, 0.1) is 0 Å². The van der Waals surface area contributed by atoms with Crippen LogP contribution in [-0.2, 0) is 17.4 Å². The summed E-state index contributed by atoms with van der Waals surface area (Å²) in [5, 5.41) is 8.50. The molecular weight excluding hydrogens is 233 g/mol. The highest BCUT2D eigenvalue weighted by Crippen LogP contribution is 2.29. The van der Waals surface area contributed by atoms with Crippen LogP contribution in [0.5, 0.6) is 0 Å². The van der Waals surface area contributed by atoms with E-state index in [4.69, 9.17) is 5.11 Å². The molecule has 0 spiro atoms. The first-order chi connectivity index (χ1) is 7.79. The van der Waals surface area contributed by atoms with E-state index in [2.05, 4.69) is 6.58 Å². The Bertz CT molecular complexity index is 436. The number of carboxylic acids is 1. The van der Waals surface area contributed by atoms with Gasteiger partial charge < -0.3 is 5.11 Å². The lowest BCUT2D eigenvalue weighted by Gasteiger charge is -2.09. The maximum Gasteiger partial charge on any atom is 0.416 e. The van der Waals surface area contributed by atoms with E-state index in [9.17, 15) is 18.0 Å². The van der Waals surface area contributed by atoms with Crippen LogP contribution in [0.4, 0.5) is 13.2 Å². The number of halogens is 3. The minimum atomic E-state index is -4.38. The second kappa shape index (κ2) is 5.03. The first-order valence-corrected chi connectivity index (χ1v) is 4.83. The third-order valence-corrected chi connectivity index (χ3v) is 2.11. The summed E-state index contributed by atoms with van der Waals surface area (Å²) in [6.07, 6.45) is -4.49. The van der Waals surface area contributed by atoms with Crippen LogP contribution in [0.25, 0.3) is 0 Å². The molecule has 0 heterocycles. The lowest BCUT2D eigenvalue weighted by molar-refractivity contribution is -0.138. The number of carboxylic acid groups (broad SMARTS) is 1. The minimum Gasteiger partial charge on any atom is -0.481 e. The average Bonchev–Trinajstić information content (AvgIpc) is 2.15. The summed E-state index contributed by atoms with van der Waals surface area (Å²) in [7, 11) is 0. The molecule has 0 unspecified atom stereocenters. The molecule has 0 saturated heterocycles. The molecular formula is C12H11F3O2. The molecule has 0 fully saturated rings. The predicted molar refractivity (Wildman–Crippen MR) is 56.5 cm³/mol. The van der Waals surface area contributed by atoms with Gasteiger partial charge in [0.1, 0.15) is 0 Å². The van der Waals surface area contributed by atoms with Crippen LogP contribution in [0.2, 0.25) is 0 Å². The number of benzene rings is 1. The van der Waals surface area contributed by atoms with E-state index in [1.54, 1.807) is 0 Å². The molecule has 0 aliphatic rings. The molecule has 0 saturated carbocycles. The summed E-state index contributed by atoms with van der Waals surface area (Å²) in [5.41, 5.74) is 0.0426. The molecule has 1 N–H and O–H groups in total. The van der Waals surface area contributed by atoms with Gasteiger partial charge in [0, 0.05) is 0 Å². The van der Waals surface area contributed by atoms with Crippen molar-refractivity contribution in [3.05, 3.63) is 47.5 Å². The highest BCUT2D eigenvalue weighted by atomic mass is 19.4. The Morgan fingerprint density at radius 3 is 2.53 bits per heavy atom. The monoisotopic (exact) mass is 244 g/mol. The fraction of sp³-hybridized carbons (Fsp3) is 0.250. The third kappa shape index (κ3) is 4.30. The van der Waals surface area contributed by atoms with E-state index in [1.807, 2.05) is 0 Å². The molecule has 0 atom stereocenters. The van der Waals surface area contributed by atoms with Crippen LogP contribution in [-0.4, -0.2) is 11.1 Å². The van der Waals surface area contributed by atoms with Crippen molar-refractivity contribution in [2.45, 2.75) is 19.0 Å². The first kappa shape index (κ1) is 13.3. The van der Waals surface area contributed by atoms with Crippen molar-refractivity contribution < 1.29 is 23.1 Å². The number of alkyl halides is 3. The van der Waals surface area contributed by atoms with Crippen molar-refractivity contribution >= 4 is 5.97 Å². The Hall–Kier alpha value is -1.78. The first-order valence-electron chi connectivity index (χ1n) is 4.83. The predicted octanol–water partition coefficient (Wildman–Crippen LogP) is 3.28. The third-order valence-electron chi connectivity index (χ3n) is 2.11. The number of hydrogen-bond donors (Lipinski definition) is 1. The van der Waals surface area contributed by atoms with E-state index in [0.29, 0.717) is 11.1 Å². The Morgan fingerprint density at radius 2 is 2.00 bits per heavy atom. The van der Waals surface area contributed by atoms with Crippen LogP contribution < -0.4 is 0 Å². The van der Waals surface area contributed by atoms with Crippen LogP contribution in [0.15, 0.2) is 36.4 Å². The maximum absolute atomic E-state index is 12.4. The molecule has 1 rings (SSSR count). The summed E-state index contributed by atoms with van der Waals surface area (Å²) < 4.78 is 37.2. The zero-order valence-electron chi connectivity index (χ0n) is 8.92. The van der Waals surface area contributed by atoms with E-state index in [1.165, 1.54) is 12.1 Å². The maximum atomic E-state index is 12.4. The number of carbonyl (C=O) groups is 1. The standard InChI is InChI=1S/C12H11F3O2/c1-8(6-11(16)17)5-9-3-2-4-10(7-9)12(13,14)15/h2-4,7H,1,5-6H2,(H,16,17). The van der Waals surface area contributed by atoms with Crippen molar-refractivity contribution in [1.82, 2.24) is 0 Å². The lowest BCUT2D eigenvalue weighted by atomic mass is 10.0. The molecule has 2 nitrogen and oxygen atoms in total.